The zero-order valence-corrected chi connectivity index (χ0v) is 11.7. The van der Waals surface area contributed by atoms with E-state index in [9.17, 15) is 13.2 Å². The summed E-state index contributed by atoms with van der Waals surface area (Å²) in [5.74, 6) is -0.628. The van der Waals surface area contributed by atoms with Crippen LogP contribution in [-0.2, 0) is 5.33 Å². The molecule has 0 unspecified atom stereocenters. The quantitative estimate of drug-likeness (QED) is 0.563. The summed E-state index contributed by atoms with van der Waals surface area (Å²) in [6.45, 7) is 0. The van der Waals surface area contributed by atoms with Crippen LogP contribution in [0.25, 0.3) is 0 Å². The Balaban J connectivity index is 3.13. The number of rotatable bonds is 3. The first-order valence-electron chi connectivity index (χ1n) is 3.92. The molecule has 0 aliphatic carbocycles. The molecule has 0 saturated heterocycles. The molecular weight excluding hydrogens is 406 g/mol. The number of pyridine rings is 1. The number of hydrogen-bond acceptors (Lipinski definition) is 3. The molecule has 0 bridgehead atoms. The van der Waals surface area contributed by atoms with E-state index in [1.807, 2.05) is 22.6 Å². The average molecular weight is 412 g/mol. The fraction of sp³-hybridized carbons (Fsp3) is 0.375. The Labute approximate surface area is 112 Å². The highest BCUT2D eigenvalue weighted by atomic mass is 127. The lowest BCUT2D eigenvalue weighted by Crippen LogP contribution is -2.18. The largest absolute Gasteiger partial charge is 0.573 e. The molecule has 3 nitrogen and oxygen atoms in total. The van der Waals surface area contributed by atoms with Gasteiger partial charge in [-0.2, -0.15) is 0 Å². The molecule has 1 aromatic heterocycles. The first-order chi connectivity index (χ1) is 7.37. The van der Waals surface area contributed by atoms with Crippen molar-refractivity contribution in [3.63, 3.8) is 0 Å². The van der Waals surface area contributed by atoms with Crippen LogP contribution in [0.2, 0.25) is 0 Å². The Kier molecular flexibility index (Phi) is 4.65. The Morgan fingerprint density at radius 1 is 1.50 bits per heavy atom. The number of hydrogen-bond donors (Lipinski definition) is 0. The molecule has 16 heavy (non-hydrogen) atoms. The van der Waals surface area contributed by atoms with Gasteiger partial charge in [-0.3, -0.25) is 0 Å². The predicted octanol–water partition coefficient (Wildman–Crippen LogP) is 3.49. The van der Waals surface area contributed by atoms with Crippen LogP contribution in [0.1, 0.15) is 5.69 Å². The normalized spacial score (nSPS) is 11.4. The Bertz CT molecular complexity index is 386. The van der Waals surface area contributed by atoms with Crippen molar-refractivity contribution >= 4 is 38.5 Å². The van der Waals surface area contributed by atoms with Gasteiger partial charge in [0.2, 0.25) is 0 Å². The maximum atomic E-state index is 12.1. The van der Waals surface area contributed by atoms with Gasteiger partial charge in [0.15, 0.2) is 5.75 Å². The summed E-state index contributed by atoms with van der Waals surface area (Å²) in [5, 5.41) is 0.425. The van der Waals surface area contributed by atoms with E-state index in [0.29, 0.717) is 14.6 Å². The molecule has 8 heteroatoms. The van der Waals surface area contributed by atoms with Gasteiger partial charge in [-0.15, -0.1) is 13.2 Å². The fourth-order valence-electron chi connectivity index (χ4n) is 0.929. The van der Waals surface area contributed by atoms with Gasteiger partial charge < -0.3 is 9.47 Å². The summed E-state index contributed by atoms with van der Waals surface area (Å²) < 4.78 is 45.3. The fourth-order valence-corrected chi connectivity index (χ4v) is 2.47. The maximum absolute atomic E-state index is 12.1. The minimum Gasteiger partial charge on any atom is -0.478 e. The lowest BCUT2D eigenvalue weighted by atomic mass is 10.3. The molecule has 0 atom stereocenters. The van der Waals surface area contributed by atoms with Gasteiger partial charge in [-0.1, -0.05) is 15.9 Å². The van der Waals surface area contributed by atoms with E-state index >= 15 is 0 Å². The third-order valence-electron chi connectivity index (χ3n) is 1.53. The summed E-state index contributed by atoms with van der Waals surface area (Å²) in [6.07, 6.45) is -4.76. The Hall–Kier alpha value is -0.250. The van der Waals surface area contributed by atoms with E-state index < -0.39 is 12.1 Å². The van der Waals surface area contributed by atoms with Crippen LogP contribution >= 0.6 is 38.5 Å². The topological polar surface area (TPSA) is 31.4 Å². The molecule has 0 aromatic carbocycles. The number of alkyl halides is 4. The van der Waals surface area contributed by atoms with Gasteiger partial charge >= 0.3 is 6.36 Å². The van der Waals surface area contributed by atoms with Crippen LogP contribution in [0.3, 0.4) is 0 Å². The van der Waals surface area contributed by atoms with Gasteiger partial charge in [0.25, 0.3) is 5.88 Å². The highest BCUT2D eigenvalue weighted by Gasteiger charge is 2.33. The van der Waals surface area contributed by atoms with Gasteiger partial charge in [0, 0.05) is 15.0 Å². The summed E-state index contributed by atoms with van der Waals surface area (Å²) >= 11 is 5.05. The minimum absolute atomic E-state index is 0.188. The molecule has 90 valence electrons. The van der Waals surface area contributed by atoms with Crippen LogP contribution in [0.4, 0.5) is 13.2 Å². The van der Waals surface area contributed by atoms with Crippen LogP contribution in [0.15, 0.2) is 6.07 Å². The standard InChI is InChI=1S/C8H6BrF3INO2/c1-15-7-6(16-8(10,11)12)2-4(13)5(3-9)14-7/h2H,3H2,1H3. The number of ether oxygens (including phenoxy) is 2. The molecule has 1 heterocycles. The van der Waals surface area contributed by atoms with Crippen molar-refractivity contribution in [2.24, 2.45) is 0 Å². The molecule has 0 saturated carbocycles. The molecule has 1 aromatic rings. The van der Waals surface area contributed by atoms with Crippen molar-refractivity contribution in [2.45, 2.75) is 11.7 Å². The SMILES string of the molecule is COc1nc(CBr)c(I)cc1OC(F)(F)F. The van der Waals surface area contributed by atoms with E-state index in [2.05, 4.69) is 25.7 Å². The van der Waals surface area contributed by atoms with Crippen molar-refractivity contribution in [2.75, 3.05) is 7.11 Å². The molecule has 0 radical (unpaired) electrons. The number of methoxy groups -OCH3 is 1. The van der Waals surface area contributed by atoms with Crippen molar-refractivity contribution in [3.8, 4) is 11.6 Å². The molecule has 0 spiro atoms. The Morgan fingerprint density at radius 2 is 2.12 bits per heavy atom. The second kappa shape index (κ2) is 5.39. The number of nitrogens with zero attached hydrogens (tertiary/aromatic N) is 1. The zero-order valence-electron chi connectivity index (χ0n) is 7.94. The van der Waals surface area contributed by atoms with Gasteiger partial charge in [-0.05, 0) is 22.6 Å². The van der Waals surface area contributed by atoms with E-state index in [0.717, 1.165) is 0 Å². The number of halogens is 5. The third kappa shape index (κ3) is 3.65. The maximum Gasteiger partial charge on any atom is 0.573 e. The van der Waals surface area contributed by atoms with Crippen molar-refractivity contribution in [3.05, 3.63) is 15.3 Å². The molecule has 0 aliphatic heterocycles. The molecule has 0 aliphatic rings. The van der Waals surface area contributed by atoms with Crippen LogP contribution in [0.5, 0.6) is 11.6 Å². The monoisotopic (exact) mass is 411 g/mol. The van der Waals surface area contributed by atoms with Crippen molar-refractivity contribution in [1.29, 1.82) is 0 Å². The summed E-state index contributed by atoms with van der Waals surface area (Å²) in [7, 11) is 1.23. The second-order valence-electron chi connectivity index (χ2n) is 2.61. The van der Waals surface area contributed by atoms with Crippen molar-refractivity contribution < 1.29 is 22.6 Å². The molecular formula is C8H6BrF3INO2. The summed E-state index contributed by atoms with van der Waals surface area (Å²) in [6, 6.07) is 1.23. The van der Waals surface area contributed by atoms with Crippen LogP contribution in [-0.4, -0.2) is 18.5 Å². The van der Waals surface area contributed by atoms with Crippen LogP contribution < -0.4 is 9.47 Å². The van der Waals surface area contributed by atoms with E-state index in [-0.39, 0.29) is 5.88 Å². The smallest absolute Gasteiger partial charge is 0.478 e. The minimum atomic E-state index is -4.76. The summed E-state index contributed by atoms with van der Waals surface area (Å²) in [4.78, 5) is 3.89. The zero-order chi connectivity index (χ0) is 12.3. The molecule has 1 rings (SSSR count). The molecule has 0 fully saturated rings. The van der Waals surface area contributed by atoms with Crippen LogP contribution in [0, 0.1) is 3.57 Å². The highest BCUT2D eigenvalue weighted by Crippen LogP contribution is 2.33. The first kappa shape index (κ1) is 13.8. The van der Waals surface area contributed by atoms with E-state index in [4.69, 9.17) is 4.74 Å². The summed E-state index contributed by atoms with van der Waals surface area (Å²) in [5.41, 5.74) is 0.590. The number of aromatic nitrogens is 1. The average Bonchev–Trinajstić information content (AvgIpc) is 2.16. The molecule has 0 N–H and O–H groups in total. The second-order valence-corrected chi connectivity index (χ2v) is 4.33. The van der Waals surface area contributed by atoms with Crippen molar-refractivity contribution in [1.82, 2.24) is 4.98 Å². The molecule has 0 amide bonds. The van der Waals surface area contributed by atoms with E-state index in [1.165, 1.54) is 13.2 Å². The lowest BCUT2D eigenvalue weighted by Gasteiger charge is -2.13. The lowest BCUT2D eigenvalue weighted by molar-refractivity contribution is -0.275. The highest BCUT2D eigenvalue weighted by molar-refractivity contribution is 14.1. The van der Waals surface area contributed by atoms with E-state index in [1.54, 1.807) is 0 Å². The van der Waals surface area contributed by atoms with Gasteiger partial charge in [-0.25, -0.2) is 4.98 Å². The predicted molar refractivity (Wildman–Crippen MR) is 62.8 cm³/mol. The van der Waals surface area contributed by atoms with Gasteiger partial charge in [0.05, 0.1) is 12.8 Å². The Morgan fingerprint density at radius 3 is 2.56 bits per heavy atom. The van der Waals surface area contributed by atoms with Gasteiger partial charge in [0.1, 0.15) is 0 Å². The third-order valence-corrected chi connectivity index (χ3v) is 2.99. The first-order valence-corrected chi connectivity index (χ1v) is 6.12.